The van der Waals surface area contributed by atoms with Gasteiger partial charge in [-0.15, -0.1) is 5.10 Å². The minimum atomic E-state index is 0.000191. The molecule has 2 saturated heterocycles. The Morgan fingerprint density at radius 2 is 2.38 bits per heavy atom. The fraction of sp³-hybridized carbons (Fsp3) is 0.556. The third kappa shape index (κ3) is 3.49. The molecule has 0 unspecified atom stereocenters. The minimum Gasteiger partial charge on any atom is -0.376 e. The van der Waals surface area contributed by atoms with E-state index in [0.717, 1.165) is 38.2 Å². The van der Waals surface area contributed by atoms with Crippen LogP contribution in [0.1, 0.15) is 22.5 Å². The SMILES string of the molecule is CN1C[C@H](COCc2cccnc2)[C@]2(CCN(C(=O)c3csnn3)C2)C1. The lowest BCUT2D eigenvalue weighted by atomic mass is 9.77. The fourth-order valence-corrected chi connectivity index (χ4v) is 4.71. The maximum absolute atomic E-state index is 12.6. The number of likely N-dealkylation sites (tertiary alicyclic amines) is 2. The first-order valence-electron chi connectivity index (χ1n) is 8.88. The van der Waals surface area contributed by atoms with Crippen molar-refractivity contribution in [3.63, 3.8) is 0 Å². The van der Waals surface area contributed by atoms with Crippen LogP contribution in [-0.2, 0) is 11.3 Å². The standard InChI is InChI=1S/C18H23N5O2S/c1-22-8-15(10-25-9-14-3-2-5-19-7-14)18(12-22)4-6-23(13-18)17(24)16-11-26-21-20-16/h2-3,5,7,11,15H,4,6,8-10,12-13H2,1H3/t15-,18-/m1/s1. The van der Waals surface area contributed by atoms with Crippen molar-refractivity contribution >= 4 is 17.4 Å². The molecule has 0 N–H and O–H groups in total. The van der Waals surface area contributed by atoms with Crippen molar-refractivity contribution in [2.75, 3.05) is 39.8 Å². The second-order valence-corrected chi connectivity index (χ2v) is 8.01. The molecule has 2 aromatic heterocycles. The molecule has 2 fully saturated rings. The molecule has 0 radical (unpaired) electrons. The summed E-state index contributed by atoms with van der Waals surface area (Å²) in [5, 5.41) is 5.65. The van der Waals surface area contributed by atoms with E-state index in [1.54, 1.807) is 11.6 Å². The Kier molecular flexibility index (Phi) is 4.97. The van der Waals surface area contributed by atoms with Crippen molar-refractivity contribution in [1.29, 1.82) is 0 Å². The summed E-state index contributed by atoms with van der Waals surface area (Å²) < 4.78 is 9.83. The molecule has 0 bridgehead atoms. The number of nitrogens with zero attached hydrogens (tertiary/aromatic N) is 5. The molecule has 2 aliphatic rings. The average Bonchev–Trinajstić information content (AvgIpc) is 3.37. The number of ether oxygens (including phenoxy) is 1. The summed E-state index contributed by atoms with van der Waals surface area (Å²) in [6.45, 7) is 4.86. The van der Waals surface area contributed by atoms with Crippen molar-refractivity contribution in [1.82, 2.24) is 24.4 Å². The molecule has 8 heteroatoms. The van der Waals surface area contributed by atoms with E-state index in [4.69, 9.17) is 4.74 Å². The lowest BCUT2D eigenvalue weighted by Gasteiger charge is -2.30. The van der Waals surface area contributed by atoms with Crippen LogP contribution in [0.2, 0.25) is 0 Å². The lowest BCUT2D eigenvalue weighted by Crippen LogP contribution is -2.38. The van der Waals surface area contributed by atoms with E-state index in [2.05, 4.69) is 26.5 Å². The van der Waals surface area contributed by atoms with Crippen LogP contribution in [0, 0.1) is 11.3 Å². The summed E-state index contributed by atoms with van der Waals surface area (Å²) in [7, 11) is 2.15. The van der Waals surface area contributed by atoms with E-state index in [1.165, 1.54) is 11.5 Å². The maximum atomic E-state index is 12.6. The highest BCUT2D eigenvalue weighted by atomic mass is 32.1. The predicted molar refractivity (Wildman–Crippen MR) is 97.7 cm³/mol. The number of amides is 1. The van der Waals surface area contributed by atoms with E-state index in [9.17, 15) is 4.79 Å². The van der Waals surface area contributed by atoms with Gasteiger partial charge in [-0.3, -0.25) is 9.78 Å². The quantitative estimate of drug-likeness (QED) is 0.792. The van der Waals surface area contributed by atoms with E-state index in [1.807, 2.05) is 23.2 Å². The summed E-state index contributed by atoms with van der Waals surface area (Å²) in [6.07, 6.45) is 4.63. The van der Waals surface area contributed by atoms with Gasteiger partial charge >= 0.3 is 0 Å². The van der Waals surface area contributed by atoms with Gasteiger partial charge in [0.25, 0.3) is 5.91 Å². The van der Waals surface area contributed by atoms with E-state index in [0.29, 0.717) is 24.8 Å². The van der Waals surface area contributed by atoms with Gasteiger partial charge in [-0.05, 0) is 36.6 Å². The molecule has 138 valence electrons. The van der Waals surface area contributed by atoms with Crippen molar-refractivity contribution in [3.05, 3.63) is 41.2 Å². The number of hydrogen-bond donors (Lipinski definition) is 0. The molecular formula is C18H23N5O2S. The number of carbonyl (C=O) groups is 1. The number of hydrogen-bond acceptors (Lipinski definition) is 7. The summed E-state index contributed by atoms with van der Waals surface area (Å²) in [4.78, 5) is 21.0. The van der Waals surface area contributed by atoms with E-state index in [-0.39, 0.29) is 11.3 Å². The van der Waals surface area contributed by atoms with Crippen molar-refractivity contribution in [2.45, 2.75) is 13.0 Å². The van der Waals surface area contributed by atoms with Gasteiger partial charge in [0.15, 0.2) is 5.69 Å². The molecule has 0 saturated carbocycles. The molecule has 2 aliphatic heterocycles. The summed E-state index contributed by atoms with van der Waals surface area (Å²) >= 11 is 1.22. The average molecular weight is 373 g/mol. The zero-order valence-electron chi connectivity index (χ0n) is 14.9. The van der Waals surface area contributed by atoms with Crippen LogP contribution < -0.4 is 0 Å². The smallest absolute Gasteiger partial charge is 0.275 e. The van der Waals surface area contributed by atoms with Crippen LogP contribution in [0.15, 0.2) is 29.9 Å². The first-order valence-corrected chi connectivity index (χ1v) is 9.71. The van der Waals surface area contributed by atoms with Crippen molar-refractivity contribution < 1.29 is 9.53 Å². The molecule has 1 amide bonds. The first kappa shape index (κ1) is 17.5. The molecule has 4 heterocycles. The van der Waals surface area contributed by atoms with Crippen LogP contribution in [-0.4, -0.2) is 70.1 Å². The molecule has 0 aliphatic carbocycles. The monoisotopic (exact) mass is 373 g/mol. The highest BCUT2D eigenvalue weighted by Gasteiger charge is 2.50. The molecule has 2 aromatic rings. The summed E-state index contributed by atoms with van der Waals surface area (Å²) in [5.41, 5.74) is 1.66. The van der Waals surface area contributed by atoms with Crippen LogP contribution in [0.3, 0.4) is 0 Å². The molecule has 4 rings (SSSR count). The lowest BCUT2D eigenvalue weighted by molar-refractivity contribution is 0.0494. The maximum Gasteiger partial charge on any atom is 0.275 e. The van der Waals surface area contributed by atoms with Gasteiger partial charge in [-0.25, -0.2) is 0 Å². The second-order valence-electron chi connectivity index (χ2n) is 7.40. The zero-order valence-corrected chi connectivity index (χ0v) is 15.7. The van der Waals surface area contributed by atoms with Gasteiger partial charge in [0.1, 0.15) is 0 Å². The van der Waals surface area contributed by atoms with Crippen LogP contribution in [0.25, 0.3) is 0 Å². The Morgan fingerprint density at radius 3 is 3.15 bits per heavy atom. The van der Waals surface area contributed by atoms with Gasteiger partial charge in [-0.2, -0.15) is 0 Å². The first-order chi connectivity index (χ1) is 12.7. The highest BCUT2D eigenvalue weighted by Crippen LogP contribution is 2.43. The molecule has 2 atom stereocenters. The van der Waals surface area contributed by atoms with Crippen LogP contribution in [0.4, 0.5) is 0 Å². The van der Waals surface area contributed by atoms with Crippen LogP contribution in [0.5, 0.6) is 0 Å². The second kappa shape index (κ2) is 7.38. The van der Waals surface area contributed by atoms with Gasteiger partial charge in [0.05, 0.1) is 13.2 Å². The zero-order chi connectivity index (χ0) is 18.0. The number of carbonyl (C=O) groups excluding carboxylic acids is 1. The van der Waals surface area contributed by atoms with Crippen LogP contribution >= 0.6 is 11.5 Å². The Labute approximate surface area is 157 Å². The van der Waals surface area contributed by atoms with Gasteiger partial charge < -0.3 is 14.5 Å². The predicted octanol–water partition coefficient (Wildman–Crippen LogP) is 1.54. The molecule has 26 heavy (non-hydrogen) atoms. The number of pyridine rings is 1. The Balaban J connectivity index is 1.39. The Hall–Kier alpha value is -1.90. The molecular weight excluding hydrogens is 350 g/mol. The number of rotatable bonds is 5. The fourth-order valence-electron chi connectivity index (χ4n) is 4.28. The highest BCUT2D eigenvalue weighted by molar-refractivity contribution is 7.03. The summed E-state index contributed by atoms with van der Waals surface area (Å²) in [5.74, 6) is 0.427. The van der Waals surface area contributed by atoms with E-state index < -0.39 is 0 Å². The van der Waals surface area contributed by atoms with Gasteiger partial charge in [0, 0.05) is 55.3 Å². The third-order valence-electron chi connectivity index (χ3n) is 5.55. The largest absolute Gasteiger partial charge is 0.376 e. The molecule has 1 spiro atoms. The van der Waals surface area contributed by atoms with Crippen molar-refractivity contribution in [2.24, 2.45) is 11.3 Å². The topological polar surface area (TPSA) is 71.5 Å². The minimum absolute atomic E-state index is 0.000191. The van der Waals surface area contributed by atoms with Crippen molar-refractivity contribution in [3.8, 4) is 0 Å². The Morgan fingerprint density at radius 1 is 1.46 bits per heavy atom. The number of aromatic nitrogens is 3. The Bertz CT molecular complexity index is 741. The van der Waals surface area contributed by atoms with E-state index >= 15 is 0 Å². The normalized spacial score (nSPS) is 26.0. The summed E-state index contributed by atoms with van der Waals surface area (Å²) in [6, 6.07) is 3.96. The third-order valence-corrected chi connectivity index (χ3v) is 6.05. The van der Waals surface area contributed by atoms with Gasteiger partial charge in [-0.1, -0.05) is 10.6 Å². The molecule has 7 nitrogen and oxygen atoms in total. The van der Waals surface area contributed by atoms with Gasteiger partial charge in [0.2, 0.25) is 0 Å². The molecule has 0 aromatic carbocycles.